The van der Waals surface area contributed by atoms with Crippen LogP contribution in [0.1, 0.15) is 18.9 Å². The van der Waals surface area contributed by atoms with Crippen molar-refractivity contribution < 1.29 is 32.0 Å². The molecule has 1 fully saturated rings. The van der Waals surface area contributed by atoms with E-state index in [2.05, 4.69) is 30.2 Å². The average molecular weight is 436 g/mol. The molecule has 0 aliphatic carbocycles. The van der Waals surface area contributed by atoms with Crippen molar-refractivity contribution in [2.45, 2.75) is 19.3 Å². The molecule has 0 radical (unpaired) electrons. The molecule has 0 unspecified atom stereocenters. The van der Waals surface area contributed by atoms with Gasteiger partial charge in [0.2, 0.25) is 17.7 Å². The maximum Gasteiger partial charge on any atom is 0.573 e. The lowest BCUT2D eigenvalue weighted by Gasteiger charge is -2.14. The van der Waals surface area contributed by atoms with Gasteiger partial charge >= 0.3 is 12.5 Å². The molecule has 13 heteroatoms. The van der Waals surface area contributed by atoms with Gasteiger partial charge in [0, 0.05) is 6.20 Å². The lowest BCUT2D eigenvalue weighted by molar-refractivity contribution is -0.274. The van der Waals surface area contributed by atoms with E-state index in [0.29, 0.717) is 12.4 Å². The van der Waals surface area contributed by atoms with Gasteiger partial charge in [-0.15, -0.1) is 13.2 Å². The third-order valence-electron chi connectivity index (χ3n) is 4.19. The van der Waals surface area contributed by atoms with Crippen LogP contribution in [0.5, 0.6) is 5.75 Å². The van der Waals surface area contributed by atoms with Gasteiger partial charge in [-0.2, -0.15) is 9.97 Å². The smallest absolute Gasteiger partial charge is 0.447 e. The van der Waals surface area contributed by atoms with Crippen LogP contribution < -0.4 is 15.0 Å². The van der Waals surface area contributed by atoms with Gasteiger partial charge in [0.25, 0.3) is 0 Å². The SMILES string of the molecule is C[C@H](Nc1nccc(N2CCOC2=O)n1)c1nc(-c2ccccc2OC(F)(F)F)no1. The van der Waals surface area contributed by atoms with E-state index in [1.165, 1.54) is 29.3 Å². The largest absolute Gasteiger partial charge is 0.573 e. The van der Waals surface area contributed by atoms with Crippen molar-refractivity contribution in [1.82, 2.24) is 20.1 Å². The second kappa shape index (κ2) is 8.08. The zero-order valence-corrected chi connectivity index (χ0v) is 16.0. The Morgan fingerprint density at radius 1 is 1.23 bits per heavy atom. The molecule has 4 rings (SSSR count). The van der Waals surface area contributed by atoms with E-state index in [1.54, 1.807) is 13.0 Å². The summed E-state index contributed by atoms with van der Waals surface area (Å²) in [6.45, 7) is 2.32. The van der Waals surface area contributed by atoms with Gasteiger partial charge in [0.05, 0.1) is 12.1 Å². The van der Waals surface area contributed by atoms with Crippen molar-refractivity contribution in [1.29, 1.82) is 0 Å². The molecule has 3 heterocycles. The molecule has 31 heavy (non-hydrogen) atoms. The monoisotopic (exact) mass is 436 g/mol. The summed E-state index contributed by atoms with van der Waals surface area (Å²) < 4.78 is 52.0. The number of hydrogen-bond acceptors (Lipinski definition) is 9. The van der Waals surface area contributed by atoms with Crippen LogP contribution in [0.4, 0.5) is 29.7 Å². The second-order valence-corrected chi connectivity index (χ2v) is 6.37. The molecule has 1 N–H and O–H groups in total. The standard InChI is InChI=1S/C18H15F3N6O4/c1-10(23-16-22-7-6-13(24-16)27-8-9-29-17(27)28)15-25-14(26-31-15)11-4-2-3-5-12(11)30-18(19,20)21/h2-7,10H,8-9H2,1H3,(H,22,23,24)/t10-/m0/s1. The summed E-state index contributed by atoms with van der Waals surface area (Å²) in [4.78, 5) is 25.5. The van der Waals surface area contributed by atoms with Crippen LogP contribution >= 0.6 is 0 Å². The molecule has 0 spiro atoms. The van der Waals surface area contributed by atoms with Crippen molar-refractivity contribution in [3.63, 3.8) is 0 Å². The highest BCUT2D eigenvalue weighted by Crippen LogP contribution is 2.32. The van der Waals surface area contributed by atoms with Crippen LogP contribution in [-0.4, -0.2) is 45.7 Å². The fourth-order valence-electron chi connectivity index (χ4n) is 2.81. The minimum atomic E-state index is -4.86. The Balaban J connectivity index is 1.51. The van der Waals surface area contributed by atoms with Gasteiger partial charge in [0.1, 0.15) is 24.2 Å². The number of ether oxygens (including phenoxy) is 2. The van der Waals surface area contributed by atoms with Crippen molar-refractivity contribution in [2.24, 2.45) is 0 Å². The number of para-hydroxylation sites is 1. The second-order valence-electron chi connectivity index (χ2n) is 6.37. The molecule has 1 amide bonds. The van der Waals surface area contributed by atoms with Crippen LogP contribution in [0.15, 0.2) is 41.1 Å². The fourth-order valence-corrected chi connectivity index (χ4v) is 2.81. The number of benzene rings is 1. The highest BCUT2D eigenvalue weighted by Gasteiger charge is 2.33. The Bertz CT molecular complexity index is 1090. The first-order valence-corrected chi connectivity index (χ1v) is 9.03. The van der Waals surface area contributed by atoms with Gasteiger partial charge in [-0.05, 0) is 25.1 Å². The molecular formula is C18H15F3N6O4. The van der Waals surface area contributed by atoms with Gasteiger partial charge in [-0.1, -0.05) is 17.3 Å². The summed E-state index contributed by atoms with van der Waals surface area (Å²) in [5.74, 6) is 0.114. The first-order valence-electron chi connectivity index (χ1n) is 9.03. The van der Waals surface area contributed by atoms with Gasteiger partial charge in [-0.25, -0.2) is 9.78 Å². The summed E-state index contributed by atoms with van der Waals surface area (Å²) in [5, 5.41) is 6.69. The molecule has 10 nitrogen and oxygen atoms in total. The Hall–Kier alpha value is -3.90. The number of alkyl halides is 3. The van der Waals surface area contributed by atoms with E-state index in [-0.39, 0.29) is 29.8 Å². The minimum Gasteiger partial charge on any atom is -0.447 e. The first-order chi connectivity index (χ1) is 14.8. The quantitative estimate of drug-likeness (QED) is 0.619. The normalized spacial score (nSPS) is 15.0. The Kier molecular flexibility index (Phi) is 5.31. The van der Waals surface area contributed by atoms with Crippen molar-refractivity contribution >= 4 is 17.9 Å². The number of aromatic nitrogens is 4. The number of amides is 1. The van der Waals surface area contributed by atoms with E-state index >= 15 is 0 Å². The predicted molar refractivity (Wildman–Crippen MR) is 99.2 cm³/mol. The van der Waals surface area contributed by atoms with Crippen LogP contribution in [0.25, 0.3) is 11.4 Å². The van der Waals surface area contributed by atoms with Crippen molar-refractivity contribution in [3.05, 3.63) is 42.4 Å². The Morgan fingerprint density at radius 2 is 2.03 bits per heavy atom. The molecule has 1 atom stereocenters. The third-order valence-corrected chi connectivity index (χ3v) is 4.19. The Labute approximate surface area is 173 Å². The van der Waals surface area contributed by atoms with E-state index in [0.717, 1.165) is 6.07 Å². The van der Waals surface area contributed by atoms with Crippen LogP contribution in [0.3, 0.4) is 0 Å². The maximum atomic E-state index is 12.6. The number of carbonyl (C=O) groups is 1. The molecule has 0 saturated carbocycles. The number of cyclic esters (lactones) is 1. The molecular weight excluding hydrogens is 421 g/mol. The van der Waals surface area contributed by atoms with E-state index < -0.39 is 24.2 Å². The van der Waals surface area contributed by atoms with E-state index in [1.807, 2.05) is 0 Å². The summed E-state index contributed by atoms with van der Waals surface area (Å²) in [5.41, 5.74) is 0.0211. The Morgan fingerprint density at radius 3 is 2.77 bits per heavy atom. The fraction of sp³-hybridized carbons (Fsp3) is 0.278. The number of anilines is 2. The summed E-state index contributed by atoms with van der Waals surface area (Å²) in [7, 11) is 0. The lowest BCUT2D eigenvalue weighted by Crippen LogP contribution is -2.25. The van der Waals surface area contributed by atoms with Gasteiger partial charge in [-0.3, -0.25) is 4.90 Å². The van der Waals surface area contributed by atoms with Gasteiger partial charge in [0.15, 0.2) is 0 Å². The molecule has 1 saturated heterocycles. The molecule has 1 aliphatic rings. The molecule has 0 bridgehead atoms. The number of carbonyl (C=O) groups excluding carboxylic acids is 1. The van der Waals surface area contributed by atoms with E-state index in [4.69, 9.17) is 9.26 Å². The zero-order chi connectivity index (χ0) is 22.0. The van der Waals surface area contributed by atoms with Crippen LogP contribution in [0, 0.1) is 0 Å². The lowest BCUT2D eigenvalue weighted by atomic mass is 10.2. The number of halogens is 3. The molecule has 1 aromatic carbocycles. The first kappa shape index (κ1) is 20.4. The van der Waals surface area contributed by atoms with Crippen molar-refractivity contribution in [3.8, 4) is 17.1 Å². The molecule has 1 aliphatic heterocycles. The zero-order valence-electron chi connectivity index (χ0n) is 16.0. The summed E-state index contributed by atoms with van der Waals surface area (Å²) in [6, 6.07) is 6.44. The summed E-state index contributed by atoms with van der Waals surface area (Å²) in [6.07, 6.45) is -3.90. The topological polar surface area (TPSA) is 116 Å². The van der Waals surface area contributed by atoms with Crippen LogP contribution in [0.2, 0.25) is 0 Å². The number of nitrogens with zero attached hydrogens (tertiary/aromatic N) is 5. The highest BCUT2D eigenvalue weighted by atomic mass is 19.4. The average Bonchev–Trinajstić information content (AvgIpc) is 3.37. The highest BCUT2D eigenvalue weighted by molar-refractivity contribution is 5.88. The summed E-state index contributed by atoms with van der Waals surface area (Å²) >= 11 is 0. The minimum absolute atomic E-state index is 0.0211. The molecule has 162 valence electrons. The molecule has 3 aromatic rings. The maximum absolute atomic E-state index is 12.6. The predicted octanol–water partition coefficient (Wildman–Crippen LogP) is 3.55. The number of hydrogen-bond donors (Lipinski definition) is 1. The van der Waals surface area contributed by atoms with E-state index in [9.17, 15) is 18.0 Å². The molecule has 2 aromatic heterocycles. The van der Waals surface area contributed by atoms with Crippen LogP contribution in [-0.2, 0) is 4.74 Å². The third kappa shape index (κ3) is 4.65. The number of nitrogens with one attached hydrogen (secondary N) is 1. The number of rotatable bonds is 6. The van der Waals surface area contributed by atoms with Gasteiger partial charge < -0.3 is 19.3 Å². The van der Waals surface area contributed by atoms with Crippen molar-refractivity contribution in [2.75, 3.05) is 23.4 Å².